The monoisotopic (exact) mass is 357 g/mol. The van der Waals surface area contributed by atoms with E-state index in [1.54, 1.807) is 24.3 Å². The second kappa shape index (κ2) is 7.99. The van der Waals surface area contributed by atoms with Crippen LogP contribution < -0.4 is 4.74 Å². The molecule has 136 valence electrons. The fraction of sp³-hybridized carbons (Fsp3) is 0.300. The predicted octanol–water partition coefficient (Wildman–Crippen LogP) is 3.20. The Bertz CT molecular complexity index is 808. The molecule has 5 nitrogen and oxygen atoms in total. The van der Waals surface area contributed by atoms with E-state index in [0.717, 1.165) is 5.56 Å². The van der Waals surface area contributed by atoms with E-state index in [0.29, 0.717) is 30.7 Å². The van der Waals surface area contributed by atoms with Gasteiger partial charge in [-0.25, -0.2) is 9.18 Å². The third-order valence-corrected chi connectivity index (χ3v) is 4.44. The van der Waals surface area contributed by atoms with Crippen LogP contribution in [0.3, 0.4) is 0 Å². The molecular formula is C20H20FNO4. The number of rotatable bonds is 6. The fourth-order valence-electron chi connectivity index (χ4n) is 3.22. The van der Waals surface area contributed by atoms with Gasteiger partial charge in [0.1, 0.15) is 11.6 Å². The summed E-state index contributed by atoms with van der Waals surface area (Å²) < 4.78 is 18.5. The minimum atomic E-state index is -1.03. The highest BCUT2D eigenvalue weighted by molar-refractivity contribution is 5.85. The van der Waals surface area contributed by atoms with Crippen molar-refractivity contribution in [2.45, 2.75) is 25.3 Å². The molecule has 1 heterocycles. The number of aliphatic carboxylic acids is 1. The lowest BCUT2D eigenvalue weighted by Crippen LogP contribution is -2.43. The zero-order valence-corrected chi connectivity index (χ0v) is 14.2. The topological polar surface area (TPSA) is 66.8 Å². The summed E-state index contributed by atoms with van der Waals surface area (Å²) in [6.07, 6.45) is 1.26. The van der Waals surface area contributed by atoms with E-state index in [1.807, 2.05) is 12.1 Å². The van der Waals surface area contributed by atoms with E-state index in [9.17, 15) is 19.1 Å². The number of carboxylic acids is 1. The number of hydrogen-bond acceptors (Lipinski definition) is 3. The number of nitrogens with zero attached hydrogens (tertiary/aromatic N) is 1. The number of carboxylic acid groups (broad SMARTS) is 1. The summed E-state index contributed by atoms with van der Waals surface area (Å²) in [5.74, 6) is -1.21. The van der Waals surface area contributed by atoms with Crippen molar-refractivity contribution < 1.29 is 23.8 Å². The van der Waals surface area contributed by atoms with Gasteiger partial charge in [0.2, 0.25) is 5.91 Å². The Morgan fingerprint density at radius 3 is 2.77 bits per heavy atom. The van der Waals surface area contributed by atoms with E-state index in [1.165, 1.54) is 17.0 Å². The number of benzene rings is 2. The lowest BCUT2D eigenvalue weighted by atomic mass is 9.92. The second-order valence-electron chi connectivity index (χ2n) is 6.19. The number of halogens is 1. The van der Waals surface area contributed by atoms with Crippen LogP contribution in [0.2, 0.25) is 0 Å². The maximum atomic E-state index is 13.1. The van der Waals surface area contributed by atoms with Crippen LogP contribution in [-0.2, 0) is 16.0 Å². The molecular weight excluding hydrogens is 337 g/mol. The van der Waals surface area contributed by atoms with Crippen LogP contribution in [0.25, 0.3) is 0 Å². The van der Waals surface area contributed by atoms with E-state index in [2.05, 4.69) is 0 Å². The molecule has 1 aliphatic heterocycles. The van der Waals surface area contributed by atoms with Gasteiger partial charge in [-0.3, -0.25) is 4.79 Å². The van der Waals surface area contributed by atoms with Crippen LogP contribution in [-0.4, -0.2) is 35.0 Å². The second-order valence-corrected chi connectivity index (χ2v) is 6.19. The number of carbonyl (C=O) groups is 2. The normalized spacial score (nSPS) is 16.0. The van der Waals surface area contributed by atoms with Crippen molar-refractivity contribution in [3.05, 3.63) is 65.5 Å². The van der Waals surface area contributed by atoms with Crippen molar-refractivity contribution in [2.75, 3.05) is 13.2 Å². The van der Waals surface area contributed by atoms with Gasteiger partial charge in [0.15, 0.2) is 6.04 Å². The largest absolute Gasteiger partial charge is 0.493 e. The number of carbonyl (C=O) groups excluding carboxylic acids is 1. The molecule has 0 spiro atoms. The van der Waals surface area contributed by atoms with Crippen LogP contribution in [0.5, 0.6) is 5.75 Å². The first kappa shape index (κ1) is 17.9. The lowest BCUT2D eigenvalue weighted by molar-refractivity contribution is -0.151. The van der Waals surface area contributed by atoms with Crippen LogP contribution in [0.4, 0.5) is 4.39 Å². The van der Waals surface area contributed by atoms with Gasteiger partial charge in [0, 0.05) is 19.0 Å². The molecule has 2 aromatic rings. The van der Waals surface area contributed by atoms with E-state index in [4.69, 9.17) is 4.74 Å². The van der Waals surface area contributed by atoms with Crippen molar-refractivity contribution in [3.8, 4) is 5.75 Å². The number of hydrogen-bond donors (Lipinski definition) is 1. The van der Waals surface area contributed by atoms with E-state index >= 15 is 0 Å². The minimum absolute atomic E-state index is 0.182. The van der Waals surface area contributed by atoms with Crippen molar-refractivity contribution >= 4 is 11.9 Å². The molecule has 2 aromatic carbocycles. The smallest absolute Gasteiger partial charge is 0.331 e. The van der Waals surface area contributed by atoms with Crippen LogP contribution in [0.15, 0.2) is 48.5 Å². The fourth-order valence-corrected chi connectivity index (χ4v) is 3.22. The average Bonchev–Trinajstić information content (AvgIpc) is 2.64. The molecule has 0 aromatic heterocycles. The van der Waals surface area contributed by atoms with Gasteiger partial charge >= 0.3 is 5.97 Å². The van der Waals surface area contributed by atoms with E-state index in [-0.39, 0.29) is 24.8 Å². The zero-order chi connectivity index (χ0) is 18.5. The highest BCUT2D eigenvalue weighted by Gasteiger charge is 2.35. The summed E-state index contributed by atoms with van der Waals surface area (Å²) in [7, 11) is 0. The molecule has 0 saturated carbocycles. The van der Waals surface area contributed by atoms with Gasteiger partial charge < -0.3 is 14.7 Å². The third kappa shape index (κ3) is 4.02. The summed E-state index contributed by atoms with van der Waals surface area (Å²) in [5, 5.41) is 9.60. The van der Waals surface area contributed by atoms with Crippen molar-refractivity contribution in [1.29, 1.82) is 0 Å². The zero-order valence-electron chi connectivity index (χ0n) is 14.2. The maximum absolute atomic E-state index is 13.1. The van der Waals surface area contributed by atoms with E-state index < -0.39 is 12.0 Å². The molecule has 1 unspecified atom stereocenters. The Balaban J connectivity index is 1.58. The molecule has 0 bridgehead atoms. The first-order valence-corrected chi connectivity index (χ1v) is 8.54. The SMILES string of the molecule is O=C(O)C1c2ccccc2CCN1C(=O)CCCOc1cccc(F)c1. The quantitative estimate of drug-likeness (QED) is 0.807. The summed E-state index contributed by atoms with van der Waals surface area (Å²) in [6.45, 7) is 0.648. The predicted molar refractivity (Wildman–Crippen MR) is 93.4 cm³/mol. The summed E-state index contributed by atoms with van der Waals surface area (Å²) in [4.78, 5) is 25.7. The molecule has 0 aliphatic carbocycles. The molecule has 1 atom stereocenters. The highest BCUT2D eigenvalue weighted by Crippen LogP contribution is 2.30. The Morgan fingerprint density at radius 1 is 1.19 bits per heavy atom. The average molecular weight is 357 g/mol. The summed E-state index contributed by atoms with van der Waals surface area (Å²) in [5.41, 5.74) is 1.65. The Morgan fingerprint density at radius 2 is 2.00 bits per heavy atom. The Labute approximate surface area is 151 Å². The Hall–Kier alpha value is -2.89. The van der Waals surface area contributed by atoms with Crippen molar-refractivity contribution in [1.82, 2.24) is 4.90 Å². The van der Waals surface area contributed by atoms with Gasteiger partial charge in [0.25, 0.3) is 0 Å². The molecule has 0 radical (unpaired) electrons. The first-order valence-electron chi connectivity index (χ1n) is 8.54. The molecule has 0 saturated heterocycles. The number of amides is 1. The van der Waals surface area contributed by atoms with Gasteiger partial charge in [-0.05, 0) is 36.1 Å². The molecule has 3 rings (SSSR count). The third-order valence-electron chi connectivity index (χ3n) is 4.44. The number of ether oxygens (including phenoxy) is 1. The minimum Gasteiger partial charge on any atom is -0.493 e. The summed E-state index contributed by atoms with van der Waals surface area (Å²) in [6, 6.07) is 12.2. The van der Waals surface area contributed by atoms with Crippen LogP contribution in [0.1, 0.15) is 30.0 Å². The lowest BCUT2D eigenvalue weighted by Gasteiger charge is -2.34. The summed E-state index contributed by atoms with van der Waals surface area (Å²) >= 11 is 0. The van der Waals surface area contributed by atoms with Gasteiger partial charge in [-0.1, -0.05) is 30.3 Å². The molecule has 1 aliphatic rings. The first-order chi connectivity index (χ1) is 12.6. The molecule has 1 N–H and O–H groups in total. The molecule has 26 heavy (non-hydrogen) atoms. The van der Waals surface area contributed by atoms with Gasteiger partial charge in [0.05, 0.1) is 6.61 Å². The van der Waals surface area contributed by atoms with Crippen molar-refractivity contribution in [2.24, 2.45) is 0 Å². The molecule has 6 heteroatoms. The maximum Gasteiger partial charge on any atom is 0.331 e. The number of fused-ring (bicyclic) bond motifs is 1. The molecule has 0 fully saturated rings. The van der Waals surface area contributed by atoms with Crippen LogP contribution >= 0.6 is 0 Å². The molecule has 1 amide bonds. The van der Waals surface area contributed by atoms with Crippen molar-refractivity contribution in [3.63, 3.8) is 0 Å². The highest BCUT2D eigenvalue weighted by atomic mass is 19.1. The van der Waals surface area contributed by atoms with Gasteiger partial charge in [-0.2, -0.15) is 0 Å². The standard InChI is InChI=1S/C20H20FNO4/c21-15-6-3-7-16(13-15)26-12-4-9-18(23)22-11-10-14-5-1-2-8-17(14)19(22)20(24)25/h1-3,5-8,13,19H,4,9-12H2,(H,24,25). The van der Waals surface area contributed by atoms with Gasteiger partial charge in [-0.15, -0.1) is 0 Å². The van der Waals surface area contributed by atoms with Crippen LogP contribution in [0, 0.1) is 5.82 Å². The Kier molecular flexibility index (Phi) is 5.51.